The molecule has 2 atom stereocenters. The van der Waals surface area contributed by atoms with E-state index in [0.717, 1.165) is 12.1 Å². The van der Waals surface area contributed by atoms with E-state index in [1.54, 1.807) is 0 Å². The predicted octanol–water partition coefficient (Wildman–Crippen LogP) is 11.1. The van der Waals surface area contributed by atoms with Crippen LogP contribution in [0.2, 0.25) is 0 Å². The molecule has 2 aromatic heterocycles. The van der Waals surface area contributed by atoms with Gasteiger partial charge in [0.2, 0.25) is 0 Å². The van der Waals surface area contributed by atoms with Crippen LogP contribution >= 0.6 is 11.3 Å². The van der Waals surface area contributed by atoms with Crippen LogP contribution in [0.4, 0.5) is 5.69 Å². The number of aromatic nitrogens is 1. The number of hydrogen-bond donors (Lipinski definition) is 0. The van der Waals surface area contributed by atoms with Crippen molar-refractivity contribution in [1.29, 1.82) is 0 Å². The van der Waals surface area contributed by atoms with Gasteiger partial charge in [-0.3, -0.25) is 4.99 Å². The lowest BCUT2D eigenvalue weighted by Gasteiger charge is -2.34. The van der Waals surface area contributed by atoms with Crippen molar-refractivity contribution in [1.82, 2.24) is 4.57 Å². The Kier molecular flexibility index (Phi) is 5.20. The molecule has 3 heterocycles. The van der Waals surface area contributed by atoms with E-state index in [0.29, 0.717) is 0 Å². The second kappa shape index (κ2) is 9.14. The first-order chi connectivity index (χ1) is 20.8. The van der Waals surface area contributed by atoms with Crippen molar-refractivity contribution < 1.29 is 0 Å². The smallest absolute Gasteiger partial charge is 0.0872 e. The summed E-state index contributed by atoms with van der Waals surface area (Å²) < 4.78 is 3.95. The molecule has 0 bridgehead atoms. The first-order valence-electron chi connectivity index (χ1n) is 14.8. The van der Waals surface area contributed by atoms with Crippen LogP contribution in [0, 0.1) is 5.92 Å². The number of benzene rings is 6. The van der Waals surface area contributed by atoms with Gasteiger partial charge in [-0.25, -0.2) is 0 Å². The predicted molar refractivity (Wildman–Crippen MR) is 181 cm³/mol. The van der Waals surface area contributed by atoms with E-state index in [4.69, 9.17) is 4.99 Å². The molecule has 42 heavy (non-hydrogen) atoms. The molecular formula is C39H28N2S. The fourth-order valence-electron chi connectivity index (χ4n) is 7.23. The minimum Gasteiger partial charge on any atom is -0.331 e. The average Bonchev–Trinajstić information content (AvgIpc) is 3.57. The number of thiophene rings is 1. The van der Waals surface area contributed by atoms with E-state index in [-0.39, 0.29) is 12.0 Å². The number of rotatable bonds is 3. The molecule has 0 aliphatic carbocycles. The molecule has 1 aliphatic heterocycles. The Labute approximate surface area is 248 Å². The van der Waals surface area contributed by atoms with Crippen molar-refractivity contribution in [2.75, 3.05) is 0 Å². The molecule has 9 rings (SSSR count). The normalized spacial score (nSPS) is 16.9. The molecule has 3 heteroatoms. The van der Waals surface area contributed by atoms with Gasteiger partial charge in [-0.2, -0.15) is 0 Å². The van der Waals surface area contributed by atoms with Gasteiger partial charge in [0.1, 0.15) is 0 Å². The summed E-state index contributed by atoms with van der Waals surface area (Å²) >= 11 is 1.92. The van der Waals surface area contributed by atoms with Crippen molar-refractivity contribution in [3.8, 4) is 0 Å². The Balaban J connectivity index is 1.39. The highest BCUT2D eigenvalue weighted by atomic mass is 32.1. The van der Waals surface area contributed by atoms with Crippen LogP contribution in [0.5, 0.6) is 0 Å². The summed E-state index contributed by atoms with van der Waals surface area (Å²) in [5.74, 6) is 0.220. The van der Waals surface area contributed by atoms with Crippen LogP contribution < -0.4 is 0 Å². The summed E-state index contributed by atoms with van der Waals surface area (Å²) in [7, 11) is 0. The lowest BCUT2D eigenvalue weighted by molar-refractivity contribution is 0.481. The number of para-hydroxylation sites is 1. The molecule has 0 saturated carbocycles. The molecule has 8 aromatic rings. The zero-order chi connectivity index (χ0) is 27.8. The summed E-state index contributed by atoms with van der Waals surface area (Å²) in [6.07, 6.45) is 0.992. The minimum atomic E-state index is 0.130. The molecule has 0 fully saturated rings. The molecule has 1 aliphatic rings. The number of fused-ring (bicyclic) bond motifs is 8. The molecule has 200 valence electrons. The third-order valence-electron chi connectivity index (χ3n) is 9.17. The maximum Gasteiger partial charge on any atom is 0.0872 e. The van der Waals surface area contributed by atoms with Crippen LogP contribution in [0.25, 0.3) is 53.4 Å². The van der Waals surface area contributed by atoms with Crippen LogP contribution in [0.1, 0.15) is 29.8 Å². The van der Waals surface area contributed by atoms with E-state index in [1.165, 1.54) is 69.6 Å². The third kappa shape index (κ3) is 3.41. The minimum absolute atomic E-state index is 0.130. The second-order valence-electron chi connectivity index (χ2n) is 11.4. The highest BCUT2D eigenvalue weighted by molar-refractivity contribution is 7.19. The highest BCUT2D eigenvalue weighted by Gasteiger charge is 2.38. The quantitative estimate of drug-likeness (QED) is 0.206. The van der Waals surface area contributed by atoms with Gasteiger partial charge in [0.25, 0.3) is 0 Å². The summed E-state index contributed by atoms with van der Waals surface area (Å²) in [6.45, 7) is 2.33. The van der Waals surface area contributed by atoms with Crippen molar-refractivity contribution in [2.24, 2.45) is 10.9 Å². The number of nitrogens with zero attached hydrogens (tertiary/aromatic N) is 2. The van der Waals surface area contributed by atoms with Crippen LogP contribution in [0.3, 0.4) is 0 Å². The van der Waals surface area contributed by atoms with Gasteiger partial charge >= 0.3 is 0 Å². The first kappa shape index (κ1) is 23.9. The summed E-state index contributed by atoms with van der Waals surface area (Å²) in [5, 5.41) is 8.96. The van der Waals surface area contributed by atoms with Gasteiger partial charge in [0, 0.05) is 32.3 Å². The fraction of sp³-hybridized carbons (Fsp3) is 0.103. The van der Waals surface area contributed by atoms with E-state index in [9.17, 15) is 0 Å². The number of aliphatic imine (C=N–C) groups is 1. The lowest BCUT2D eigenvalue weighted by Crippen LogP contribution is -2.30. The second-order valence-corrected chi connectivity index (χ2v) is 12.5. The standard InChI is InChI=1S/C39H28N2S/c1-2-29-36(28-20-19-24-11-3-4-12-25(24)21-28)40-37-31-16-8-10-18-35(31)42-39(37)38(29)41-33-17-9-7-15-30(33)32-22-26-13-5-6-14-27(26)23-34(32)41/h3-23,29,38H,2H2,1H3. The van der Waals surface area contributed by atoms with Gasteiger partial charge in [0.15, 0.2) is 0 Å². The molecule has 0 spiro atoms. The molecule has 2 unspecified atom stereocenters. The average molecular weight is 557 g/mol. The Morgan fingerprint density at radius 1 is 0.619 bits per heavy atom. The summed E-state index contributed by atoms with van der Waals surface area (Å²) in [4.78, 5) is 6.91. The molecule has 0 N–H and O–H groups in total. The summed E-state index contributed by atoms with van der Waals surface area (Å²) in [6, 6.07) is 46.9. The van der Waals surface area contributed by atoms with Gasteiger partial charge in [-0.15, -0.1) is 11.3 Å². The Morgan fingerprint density at radius 3 is 2.10 bits per heavy atom. The van der Waals surface area contributed by atoms with E-state index in [1.807, 2.05) is 11.3 Å². The Bertz CT molecular complexity index is 2370. The van der Waals surface area contributed by atoms with Gasteiger partial charge in [-0.1, -0.05) is 104 Å². The summed E-state index contributed by atoms with van der Waals surface area (Å²) in [5.41, 5.74) is 6.13. The maximum absolute atomic E-state index is 5.55. The SMILES string of the molecule is CCC1C(c2ccc3ccccc3c2)=Nc2c(sc3ccccc23)C1n1c2ccccc2c2cc3ccccc3cc21. The Hall–Kier alpha value is -4.73. The molecule has 0 radical (unpaired) electrons. The molecular weight excluding hydrogens is 529 g/mol. The van der Waals surface area contributed by atoms with E-state index < -0.39 is 0 Å². The van der Waals surface area contributed by atoms with Crippen molar-refractivity contribution in [2.45, 2.75) is 19.4 Å². The van der Waals surface area contributed by atoms with Gasteiger partial charge in [-0.05, 0) is 63.9 Å². The van der Waals surface area contributed by atoms with Crippen LogP contribution in [0.15, 0.2) is 132 Å². The van der Waals surface area contributed by atoms with Gasteiger partial charge < -0.3 is 4.57 Å². The molecule has 6 aromatic carbocycles. The van der Waals surface area contributed by atoms with Crippen molar-refractivity contribution in [3.63, 3.8) is 0 Å². The highest BCUT2D eigenvalue weighted by Crippen LogP contribution is 2.52. The van der Waals surface area contributed by atoms with E-state index >= 15 is 0 Å². The zero-order valence-corrected chi connectivity index (χ0v) is 24.1. The fourth-order valence-corrected chi connectivity index (χ4v) is 8.53. The topological polar surface area (TPSA) is 17.3 Å². The third-order valence-corrected chi connectivity index (χ3v) is 10.4. The van der Waals surface area contributed by atoms with Crippen molar-refractivity contribution in [3.05, 3.63) is 138 Å². The zero-order valence-electron chi connectivity index (χ0n) is 23.3. The molecule has 0 saturated heterocycles. The van der Waals surface area contributed by atoms with Crippen LogP contribution in [-0.4, -0.2) is 10.3 Å². The van der Waals surface area contributed by atoms with Gasteiger partial charge in [0.05, 0.1) is 27.8 Å². The number of hydrogen-bond acceptors (Lipinski definition) is 2. The monoisotopic (exact) mass is 556 g/mol. The largest absolute Gasteiger partial charge is 0.331 e. The van der Waals surface area contributed by atoms with Crippen LogP contribution in [-0.2, 0) is 0 Å². The molecule has 0 amide bonds. The first-order valence-corrected chi connectivity index (χ1v) is 15.6. The van der Waals surface area contributed by atoms with Crippen molar-refractivity contribution >= 4 is 76.2 Å². The lowest BCUT2D eigenvalue weighted by atomic mass is 9.83. The van der Waals surface area contributed by atoms with E-state index in [2.05, 4.69) is 139 Å². The maximum atomic E-state index is 5.55. The Morgan fingerprint density at radius 2 is 1.29 bits per heavy atom. The molecule has 2 nitrogen and oxygen atoms in total.